The molecule has 48 heavy (non-hydrogen) atoms. The van der Waals surface area contributed by atoms with Crippen LogP contribution in [-0.2, 0) is 11.3 Å². The molecule has 3 heterocycles. The highest BCUT2D eigenvalue weighted by Gasteiger charge is 2.17. The monoisotopic (exact) mass is 657 g/mol. The molecular weight excluding hydrogens is 624 g/mol. The molecule has 6 rings (SSSR count). The average molecular weight is 658 g/mol. The number of hydrogen-bond acceptors (Lipinski definition) is 9. The van der Waals surface area contributed by atoms with Crippen molar-refractivity contribution in [1.29, 1.82) is 0 Å². The molecule has 2 aromatic heterocycles. The molecule has 1 saturated heterocycles. The summed E-state index contributed by atoms with van der Waals surface area (Å²) < 4.78 is 52.6. The standard InChI is InChI=1S/C35H33F2N5O6/c1-45-31-18-27-29(19-32(31)47-14-2-11-41-12-15-46-16-13-41)39-22-40-35(27)48-30-9-8-26(17-28(30)37)42-21-24(5-10-33(42)43)34(44)38-20-23-3-6-25(36)7-4-23/h3-10,17-19,21-22H,2,11-16,20H2,1H3,(H,38,44). The molecule has 1 fully saturated rings. The van der Waals surface area contributed by atoms with Crippen LogP contribution in [0.3, 0.4) is 0 Å². The first kappa shape index (κ1) is 32.5. The summed E-state index contributed by atoms with van der Waals surface area (Å²) in [6.45, 7) is 4.85. The predicted octanol–water partition coefficient (Wildman–Crippen LogP) is 4.89. The SMILES string of the molecule is COc1cc2c(Oc3ccc(-n4cc(C(=O)NCc5ccc(F)cc5)ccc4=O)cc3F)ncnc2cc1OCCCN1CCOCC1. The predicted molar refractivity (Wildman–Crippen MR) is 173 cm³/mol. The van der Waals surface area contributed by atoms with E-state index < -0.39 is 17.3 Å². The first-order valence-electron chi connectivity index (χ1n) is 15.4. The number of amides is 1. The van der Waals surface area contributed by atoms with Gasteiger partial charge in [0, 0.05) is 50.6 Å². The summed E-state index contributed by atoms with van der Waals surface area (Å²) in [5.41, 5.74) is 1.12. The third-order valence-electron chi connectivity index (χ3n) is 7.80. The van der Waals surface area contributed by atoms with Crippen LogP contribution in [0.4, 0.5) is 8.78 Å². The molecule has 13 heteroatoms. The minimum Gasteiger partial charge on any atom is -0.493 e. The van der Waals surface area contributed by atoms with E-state index in [2.05, 4.69) is 20.2 Å². The number of fused-ring (bicyclic) bond motifs is 1. The number of hydrogen-bond donors (Lipinski definition) is 1. The molecule has 1 N–H and O–H groups in total. The zero-order valence-corrected chi connectivity index (χ0v) is 26.2. The van der Waals surface area contributed by atoms with Crippen LogP contribution in [0.1, 0.15) is 22.3 Å². The summed E-state index contributed by atoms with van der Waals surface area (Å²) in [6, 6.07) is 15.7. The van der Waals surface area contributed by atoms with Crippen molar-refractivity contribution in [2.75, 3.05) is 46.6 Å². The Hall–Kier alpha value is -5.40. The number of aromatic nitrogens is 3. The van der Waals surface area contributed by atoms with Gasteiger partial charge in [0.2, 0.25) is 5.88 Å². The highest BCUT2D eigenvalue weighted by atomic mass is 19.1. The van der Waals surface area contributed by atoms with Gasteiger partial charge in [-0.3, -0.25) is 19.1 Å². The lowest BCUT2D eigenvalue weighted by Crippen LogP contribution is -2.37. The number of methoxy groups -OCH3 is 1. The van der Waals surface area contributed by atoms with Gasteiger partial charge < -0.3 is 24.3 Å². The Morgan fingerprint density at radius 1 is 0.958 bits per heavy atom. The quantitative estimate of drug-likeness (QED) is 0.187. The number of carbonyl (C=O) groups is 1. The summed E-state index contributed by atoms with van der Waals surface area (Å²) in [6.07, 6.45) is 3.46. The Bertz CT molecular complexity index is 1960. The Balaban J connectivity index is 1.15. The lowest BCUT2D eigenvalue weighted by molar-refractivity contribution is 0.0357. The van der Waals surface area contributed by atoms with E-state index in [1.165, 1.54) is 56.0 Å². The van der Waals surface area contributed by atoms with E-state index in [9.17, 15) is 14.0 Å². The number of nitrogens with zero attached hydrogens (tertiary/aromatic N) is 4. The summed E-state index contributed by atoms with van der Waals surface area (Å²) in [5.74, 6) is -0.667. The van der Waals surface area contributed by atoms with Crippen molar-refractivity contribution in [2.45, 2.75) is 13.0 Å². The fraction of sp³-hybridized carbons (Fsp3) is 0.257. The first-order chi connectivity index (χ1) is 23.4. The average Bonchev–Trinajstić information content (AvgIpc) is 3.11. The number of benzene rings is 3. The van der Waals surface area contributed by atoms with Gasteiger partial charge in [0.15, 0.2) is 23.1 Å². The second-order valence-corrected chi connectivity index (χ2v) is 11.0. The number of nitrogens with one attached hydrogen (secondary N) is 1. The molecule has 1 aliphatic heterocycles. The largest absolute Gasteiger partial charge is 0.493 e. The molecule has 0 radical (unpaired) electrons. The van der Waals surface area contributed by atoms with Crippen LogP contribution in [-0.4, -0.2) is 71.9 Å². The van der Waals surface area contributed by atoms with E-state index >= 15 is 4.39 Å². The van der Waals surface area contributed by atoms with Crippen molar-refractivity contribution in [2.24, 2.45) is 0 Å². The molecule has 5 aromatic rings. The molecule has 248 valence electrons. The maximum absolute atomic E-state index is 15.4. The van der Waals surface area contributed by atoms with Crippen LogP contribution in [0.2, 0.25) is 0 Å². The van der Waals surface area contributed by atoms with Gasteiger partial charge in [0.05, 0.1) is 49.1 Å². The number of morpholine rings is 1. The lowest BCUT2D eigenvalue weighted by Gasteiger charge is -2.26. The van der Waals surface area contributed by atoms with Crippen molar-refractivity contribution in [1.82, 2.24) is 24.8 Å². The van der Waals surface area contributed by atoms with Gasteiger partial charge >= 0.3 is 0 Å². The van der Waals surface area contributed by atoms with E-state index in [0.29, 0.717) is 34.6 Å². The Morgan fingerprint density at radius 3 is 2.54 bits per heavy atom. The van der Waals surface area contributed by atoms with Gasteiger partial charge in [-0.2, -0.15) is 0 Å². The summed E-state index contributed by atoms with van der Waals surface area (Å²) in [7, 11) is 1.52. The molecule has 0 spiro atoms. The van der Waals surface area contributed by atoms with Crippen LogP contribution in [0.15, 0.2) is 84.0 Å². The third-order valence-corrected chi connectivity index (χ3v) is 7.80. The fourth-order valence-electron chi connectivity index (χ4n) is 5.23. The molecule has 1 aliphatic rings. The molecule has 0 bridgehead atoms. The van der Waals surface area contributed by atoms with Crippen molar-refractivity contribution < 1.29 is 32.5 Å². The number of rotatable bonds is 12. The Kier molecular flexibility index (Phi) is 10.2. The van der Waals surface area contributed by atoms with Gasteiger partial charge in [-0.05, 0) is 48.4 Å². The minimum atomic E-state index is -0.760. The van der Waals surface area contributed by atoms with Crippen molar-refractivity contribution in [3.05, 3.63) is 112 Å². The third kappa shape index (κ3) is 7.76. The smallest absolute Gasteiger partial charge is 0.255 e. The fourth-order valence-corrected chi connectivity index (χ4v) is 5.23. The first-order valence-corrected chi connectivity index (χ1v) is 15.4. The van der Waals surface area contributed by atoms with Crippen molar-refractivity contribution >= 4 is 16.8 Å². The van der Waals surface area contributed by atoms with Gasteiger partial charge in [-0.25, -0.2) is 18.7 Å². The van der Waals surface area contributed by atoms with E-state index in [1.54, 1.807) is 24.3 Å². The van der Waals surface area contributed by atoms with Crippen LogP contribution in [0.5, 0.6) is 23.1 Å². The molecule has 0 unspecified atom stereocenters. The second kappa shape index (κ2) is 15.0. The normalized spacial score (nSPS) is 13.3. The topological polar surface area (TPSA) is 117 Å². The highest BCUT2D eigenvalue weighted by Crippen LogP contribution is 2.36. The summed E-state index contributed by atoms with van der Waals surface area (Å²) in [4.78, 5) is 36.3. The second-order valence-electron chi connectivity index (χ2n) is 11.0. The van der Waals surface area contributed by atoms with Gasteiger partial charge in [-0.15, -0.1) is 0 Å². The zero-order valence-electron chi connectivity index (χ0n) is 26.2. The van der Waals surface area contributed by atoms with Gasteiger partial charge in [0.1, 0.15) is 12.1 Å². The number of ether oxygens (including phenoxy) is 4. The van der Waals surface area contributed by atoms with Crippen molar-refractivity contribution in [3.8, 4) is 28.8 Å². The highest BCUT2D eigenvalue weighted by molar-refractivity contribution is 5.94. The van der Waals surface area contributed by atoms with E-state index in [4.69, 9.17) is 18.9 Å². The van der Waals surface area contributed by atoms with Gasteiger partial charge in [-0.1, -0.05) is 12.1 Å². The zero-order chi connectivity index (χ0) is 33.5. The summed E-state index contributed by atoms with van der Waals surface area (Å²) in [5, 5.41) is 3.21. The molecule has 3 aromatic carbocycles. The minimum absolute atomic E-state index is 0.0980. The number of pyridine rings is 1. The lowest BCUT2D eigenvalue weighted by atomic mass is 10.2. The molecule has 0 saturated carbocycles. The van der Waals surface area contributed by atoms with E-state index in [-0.39, 0.29) is 35.2 Å². The van der Waals surface area contributed by atoms with Crippen LogP contribution in [0, 0.1) is 11.6 Å². The van der Waals surface area contributed by atoms with Crippen molar-refractivity contribution in [3.63, 3.8) is 0 Å². The molecule has 11 nitrogen and oxygen atoms in total. The van der Waals surface area contributed by atoms with Crippen LogP contribution in [0.25, 0.3) is 16.6 Å². The Labute approximate surface area is 274 Å². The maximum atomic E-state index is 15.4. The molecule has 0 aliphatic carbocycles. The summed E-state index contributed by atoms with van der Waals surface area (Å²) >= 11 is 0. The molecular formula is C35H33F2N5O6. The molecule has 1 amide bonds. The molecule has 0 atom stereocenters. The van der Waals surface area contributed by atoms with E-state index in [1.807, 2.05) is 0 Å². The van der Waals surface area contributed by atoms with E-state index in [0.717, 1.165) is 49.9 Å². The van der Waals surface area contributed by atoms with Crippen LogP contribution < -0.4 is 25.1 Å². The number of halogens is 2. The Morgan fingerprint density at radius 2 is 1.77 bits per heavy atom. The van der Waals surface area contributed by atoms with Crippen LogP contribution >= 0.6 is 0 Å². The van der Waals surface area contributed by atoms with Gasteiger partial charge in [0.25, 0.3) is 11.5 Å². The maximum Gasteiger partial charge on any atom is 0.255 e. The number of carbonyl (C=O) groups excluding carboxylic acids is 1.